The topological polar surface area (TPSA) is 109 Å². The lowest BCUT2D eigenvalue weighted by atomic mass is 9.86. The summed E-state index contributed by atoms with van der Waals surface area (Å²) in [5.74, 6) is 7.13. The fourth-order valence-corrected chi connectivity index (χ4v) is 1.97. The Morgan fingerprint density at radius 1 is 1.14 bits per heavy atom. The molecule has 1 heterocycles. The average molecular weight is 196 g/mol. The van der Waals surface area contributed by atoms with Gasteiger partial charge in [-0.3, -0.25) is 0 Å². The summed E-state index contributed by atoms with van der Waals surface area (Å²) in [5.41, 5.74) is 11.3. The van der Waals surface area contributed by atoms with Crippen LogP contribution in [0.3, 0.4) is 0 Å². The van der Waals surface area contributed by atoms with Gasteiger partial charge in [0.1, 0.15) is 0 Å². The van der Waals surface area contributed by atoms with E-state index in [2.05, 4.69) is 10.2 Å². The highest BCUT2D eigenvalue weighted by atomic mass is 15.4. The van der Waals surface area contributed by atoms with Crippen LogP contribution in [-0.2, 0) is 0 Å². The molecule has 0 amide bonds. The van der Waals surface area contributed by atoms with E-state index in [-0.39, 0.29) is 5.95 Å². The van der Waals surface area contributed by atoms with Crippen molar-refractivity contribution < 1.29 is 0 Å². The zero-order chi connectivity index (χ0) is 10.1. The average Bonchev–Trinajstić information content (AvgIpc) is 2.50. The summed E-state index contributed by atoms with van der Waals surface area (Å²) in [7, 11) is 0. The molecule has 6 nitrogen and oxygen atoms in total. The maximum Gasteiger partial charge on any atom is 0.240 e. The Bertz CT molecular complexity index is 312. The lowest BCUT2D eigenvalue weighted by Crippen LogP contribution is -2.28. The minimum atomic E-state index is 0.273. The van der Waals surface area contributed by atoms with Gasteiger partial charge in [0, 0.05) is 12.0 Å². The molecular weight excluding hydrogens is 180 g/mol. The van der Waals surface area contributed by atoms with E-state index in [0.29, 0.717) is 12.0 Å². The molecule has 0 radical (unpaired) electrons. The van der Waals surface area contributed by atoms with Crippen LogP contribution in [0.5, 0.6) is 0 Å². The summed E-state index contributed by atoms with van der Waals surface area (Å²) >= 11 is 0. The fourth-order valence-electron chi connectivity index (χ4n) is 1.97. The van der Waals surface area contributed by atoms with Gasteiger partial charge < -0.3 is 17.3 Å². The van der Waals surface area contributed by atoms with Crippen LogP contribution < -0.4 is 17.3 Å². The number of rotatable bonds is 1. The molecule has 78 valence electrons. The Morgan fingerprint density at radius 2 is 1.79 bits per heavy atom. The van der Waals surface area contributed by atoms with E-state index in [1.807, 2.05) is 0 Å². The molecule has 0 spiro atoms. The molecule has 14 heavy (non-hydrogen) atoms. The molecule has 1 aromatic heterocycles. The van der Waals surface area contributed by atoms with E-state index in [4.69, 9.17) is 17.3 Å². The smallest absolute Gasteiger partial charge is 0.240 e. The molecule has 0 unspecified atom stereocenters. The molecule has 0 saturated heterocycles. The summed E-state index contributed by atoms with van der Waals surface area (Å²) in [5, 5.41) is 7.73. The third-order valence-corrected chi connectivity index (χ3v) is 2.89. The molecule has 1 saturated carbocycles. The van der Waals surface area contributed by atoms with Gasteiger partial charge in [-0.15, -0.1) is 10.2 Å². The number of aromatic nitrogens is 3. The van der Waals surface area contributed by atoms with Crippen molar-refractivity contribution in [2.24, 2.45) is 5.73 Å². The number of anilines is 1. The quantitative estimate of drug-likeness (QED) is 0.527. The van der Waals surface area contributed by atoms with Crippen LogP contribution in [0.1, 0.15) is 37.4 Å². The Hall–Kier alpha value is -1.30. The van der Waals surface area contributed by atoms with Gasteiger partial charge in [0.25, 0.3) is 0 Å². The van der Waals surface area contributed by atoms with Crippen LogP contribution in [-0.4, -0.2) is 20.9 Å². The number of nitrogen functional groups attached to an aromatic ring is 2. The molecule has 0 bridgehead atoms. The van der Waals surface area contributed by atoms with Crippen molar-refractivity contribution in [1.82, 2.24) is 14.9 Å². The number of hydrogen-bond acceptors (Lipinski definition) is 5. The fraction of sp³-hybridized carbons (Fsp3) is 0.750. The molecule has 1 fully saturated rings. The van der Waals surface area contributed by atoms with Crippen LogP contribution in [0.4, 0.5) is 5.95 Å². The Kier molecular flexibility index (Phi) is 2.28. The predicted octanol–water partition coefficient (Wildman–Crippen LogP) is -0.441. The minimum Gasteiger partial charge on any atom is -0.366 e. The Labute approximate surface area is 82.4 Å². The molecule has 1 aromatic rings. The second-order valence-corrected chi connectivity index (χ2v) is 3.90. The van der Waals surface area contributed by atoms with Crippen molar-refractivity contribution in [3.05, 3.63) is 5.82 Å². The molecule has 6 N–H and O–H groups in total. The van der Waals surface area contributed by atoms with Gasteiger partial charge in [-0.1, -0.05) is 0 Å². The number of nitrogens with zero attached hydrogens (tertiary/aromatic N) is 3. The third-order valence-electron chi connectivity index (χ3n) is 2.89. The van der Waals surface area contributed by atoms with Crippen molar-refractivity contribution >= 4 is 5.95 Å². The SMILES string of the molecule is Nc1nnc(C2CCC(N)CC2)n1N. The van der Waals surface area contributed by atoms with E-state index in [1.54, 1.807) is 0 Å². The molecule has 0 aromatic carbocycles. The van der Waals surface area contributed by atoms with Crippen molar-refractivity contribution in [3.8, 4) is 0 Å². The van der Waals surface area contributed by atoms with Gasteiger partial charge in [-0.2, -0.15) is 0 Å². The van der Waals surface area contributed by atoms with Gasteiger partial charge in [0.15, 0.2) is 5.82 Å². The summed E-state index contributed by atoms with van der Waals surface area (Å²) in [6.07, 6.45) is 4.10. The van der Waals surface area contributed by atoms with Crippen LogP contribution in [0.2, 0.25) is 0 Å². The highest BCUT2D eigenvalue weighted by Crippen LogP contribution is 2.30. The highest BCUT2D eigenvalue weighted by Gasteiger charge is 2.24. The molecule has 0 atom stereocenters. The molecular formula is C8H16N6. The third kappa shape index (κ3) is 1.52. The summed E-state index contributed by atoms with van der Waals surface area (Å²) in [6, 6.07) is 0.331. The summed E-state index contributed by atoms with van der Waals surface area (Å²) in [4.78, 5) is 0. The van der Waals surface area contributed by atoms with Crippen LogP contribution in [0, 0.1) is 0 Å². The molecule has 2 rings (SSSR count). The first-order valence-corrected chi connectivity index (χ1v) is 4.90. The van der Waals surface area contributed by atoms with Gasteiger partial charge in [0.2, 0.25) is 5.95 Å². The van der Waals surface area contributed by atoms with Gasteiger partial charge >= 0.3 is 0 Å². The van der Waals surface area contributed by atoms with E-state index >= 15 is 0 Å². The zero-order valence-electron chi connectivity index (χ0n) is 8.06. The van der Waals surface area contributed by atoms with Crippen molar-refractivity contribution in [2.45, 2.75) is 37.6 Å². The Morgan fingerprint density at radius 3 is 2.29 bits per heavy atom. The molecule has 1 aliphatic rings. The van der Waals surface area contributed by atoms with Gasteiger partial charge in [-0.05, 0) is 25.7 Å². The maximum absolute atomic E-state index is 5.82. The standard InChI is InChI=1S/C8H16N6/c9-6-3-1-5(2-4-6)7-12-13-8(10)14(7)11/h5-6H,1-4,9,11H2,(H2,10,13). The second-order valence-electron chi connectivity index (χ2n) is 3.90. The van der Waals surface area contributed by atoms with Crippen LogP contribution in [0.25, 0.3) is 0 Å². The highest BCUT2D eigenvalue weighted by molar-refractivity contribution is 5.19. The van der Waals surface area contributed by atoms with E-state index in [1.165, 1.54) is 4.68 Å². The van der Waals surface area contributed by atoms with Crippen molar-refractivity contribution in [3.63, 3.8) is 0 Å². The second kappa shape index (κ2) is 3.45. The number of hydrogen-bond donors (Lipinski definition) is 3. The molecule has 0 aliphatic heterocycles. The minimum absolute atomic E-state index is 0.273. The van der Waals surface area contributed by atoms with Gasteiger partial charge in [0.05, 0.1) is 0 Å². The van der Waals surface area contributed by atoms with Crippen molar-refractivity contribution in [1.29, 1.82) is 0 Å². The van der Waals surface area contributed by atoms with E-state index in [9.17, 15) is 0 Å². The van der Waals surface area contributed by atoms with Crippen LogP contribution >= 0.6 is 0 Å². The van der Waals surface area contributed by atoms with Gasteiger partial charge in [-0.25, -0.2) is 4.68 Å². The molecule has 1 aliphatic carbocycles. The maximum atomic E-state index is 5.82. The monoisotopic (exact) mass is 196 g/mol. The van der Waals surface area contributed by atoms with E-state index < -0.39 is 0 Å². The summed E-state index contributed by atoms with van der Waals surface area (Å²) in [6.45, 7) is 0. The first kappa shape index (κ1) is 9.26. The largest absolute Gasteiger partial charge is 0.366 e. The first-order chi connectivity index (χ1) is 6.68. The predicted molar refractivity (Wildman–Crippen MR) is 53.8 cm³/mol. The van der Waals surface area contributed by atoms with E-state index in [0.717, 1.165) is 31.5 Å². The lowest BCUT2D eigenvalue weighted by molar-refractivity contribution is 0.381. The normalized spacial score (nSPS) is 27.8. The van der Waals surface area contributed by atoms with Crippen LogP contribution in [0.15, 0.2) is 0 Å². The first-order valence-electron chi connectivity index (χ1n) is 4.90. The zero-order valence-corrected chi connectivity index (χ0v) is 8.06. The lowest BCUT2D eigenvalue weighted by Gasteiger charge is -2.24. The Balaban J connectivity index is 2.12. The van der Waals surface area contributed by atoms with Crippen molar-refractivity contribution in [2.75, 3.05) is 11.6 Å². The summed E-state index contributed by atoms with van der Waals surface area (Å²) < 4.78 is 1.38. The number of nitrogens with two attached hydrogens (primary N) is 3. The molecule has 6 heteroatoms.